The Bertz CT molecular complexity index is 603. The van der Waals surface area contributed by atoms with E-state index in [1.165, 1.54) is 6.26 Å². The first-order valence-corrected chi connectivity index (χ1v) is 6.70. The minimum atomic E-state index is -0.799. The van der Waals surface area contributed by atoms with Gasteiger partial charge in [0.15, 0.2) is 0 Å². The summed E-state index contributed by atoms with van der Waals surface area (Å²) >= 11 is 0. The number of aliphatic hydroxyl groups excluding tert-OH is 1. The number of hydrogen-bond donors (Lipinski definition) is 2. The number of aliphatic hydroxyl groups is 1. The predicted molar refractivity (Wildman–Crippen MR) is 78.3 cm³/mol. The highest BCUT2D eigenvalue weighted by atomic mass is 16.5. The number of methoxy groups -OCH3 is 1. The van der Waals surface area contributed by atoms with Gasteiger partial charge in [-0.3, -0.25) is 4.79 Å². The van der Waals surface area contributed by atoms with Crippen molar-refractivity contribution in [3.8, 4) is 5.75 Å². The van der Waals surface area contributed by atoms with Crippen LogP contribution < -0.4 is 10.1 Å². The van der Waals surface area contributed by atoms with Crippen molar-refractivity contribution in [3.05, 3.63) is 53.5 Å². The van der Waals surface area contributed by atoms with Crippen LogP contribution in [0.1, 0.15) is 34.7 Å². The highest BCUT2D eigenvalue weighted by molar-refractivity contribution is 5.95. The number of ether oxygens (including phenoxy) is 1. The summed E-state index contributed by atoms with van der Waals surface area (Å²) in [6, 6.07) is 8.27. The molecule has 1 heterocycles. The molecule has 0 radical (unpaired) electrons. The van der Waals surface area contributed by atoms with Gasteiger partial charge in [0.25, 0.3) is 5.91 Å². The minimum Gasteiger partial charge on any atom is -0.497 e. The molecule has 21 heavy (non-hydrogen) atoms. The van der Waals surface area contributed by atoms with E-state index in [9.17, 15) is 9.90 Å². The van der Waals surface area contributed by atoms with E-state index in [1.807, 2.05) is 0 Å². The van der Waals surface area contributed by atoms with Crippen molar-refractivity contribution in [1.29, 1.82) is 0 Å². The van der Waals surface area contributed by atoms with Crippen LogP contribution in [-0.2, 0) is 0 Å². The Kier molecular flexibility index (Phi) is 4.65. The fourth-order valence-electron chi connectivity index (χ4n) is 2.07. The molecule has 2 N–H and O–H groups in total. The zero-order chi connectivity index (χ0) is 15.4. The summed E-state index contributed by atoms with van der Waals surface area (Å²) in [7, 11) is 1.58. The molecule has 0 aliphatic rings. The van der Waals surface area contributed by atoms with Crippen LogP contribution in [0.3, 0.4) is 0 Å². The summed E-state index contributed by atoms with van der Waals surface area (Å²) in [5, 5.41) is 13.1. The maximum Gasteiger partial charge on any atom is 0.255 e. The zero-order valence-corrected chi connectivity index (χ0v) is 12.3. The van der Waals surface area contributed by atoms with Gasteiger partial charge in [0.2, 0.25) is 0 Å². The lowest BCUT2D eigenvalue weighted by Gasteiger charge is -2.20. The summed E-state index contributed by atoms with van der Waals surface area (Å²) in [5.41, 5.74) is 1.19. The van der Waals surface area contributed by atoms with Crippen molar-refractivity contribution >= 4 is 5.91 Å². The molecule has 0 aliphatic heterocycles. The number of carbonyl (C=O) groups excluding carboxylic acids is 1. The Balaban J connectivity index is 2.03. The van der Waals surface area contributed by atoms with Gasteiger partial charge in [-0.05, 0) is 37.6 Å². The smallest absolute Gasteiger partial charge is 0.255 e. The first-order chi connectivity index (χ1) is 10.0. The van der Waals surface area contributed by atoms with Crippen LogP contribution in [0.2, 0.25) is 0 Å². The monoisotopic (exact) mass is 289 g/mol. The number of hydrogen-bond acceptors (Lipinski definition) is 4. The highest BCUT2D eigenvalue weighted by Crippen LogP contribution is 2.20. The van der Waals surface area contributed by atoms with Gasteiger partial charge < -0.3 is 19.6 Å². The number of amides is 1. The van der Waals surface area contributed by atoms with Crippen LogP contribution in [0.5, 0.6) is 5.75 Å². The number of carbonyl (C=O) groups is 1. The van der Waals surface area contributed by atoms with Crippen LogP contribution >= 0.6 is 0 Å². The Morgan fingerprint density at radius 3 is 2.48 bits per heavy atom. The standard InChI is InChI=1S/C16H19NO4/c1-10(17-16(19)14-8-9-21-11(14)2)15(18)12-4-6-13(20-3)7-5-12/h4-10,15,18H,1-3H3,(H,17,19). The second-order valence-corrected chi connectivity index (χ2v) is 4.87. The quantitative estimate of drug-likeness (QED) is 0.887. The molecule has 2 rings (SSSR count). The molecule has 112 valence electrons. The average Bonchev–Trinajstić information content (AvgIpc) is 2.92. The zero-order valence-electron chi connectivity index (χ0n) is 12.3. The molecule has 0 saturated carbocycles. The van der Waals surface area contributed by atoms with Gasteiger partial charge in [0, 0.05) is 0 Å². The van der Waals surface area contributed by atoms with Crippen LogP contribution in [0.4, 0.5) is 0 Å². The fraction of sp³-hybridized carbons (Fsp3) is 0.312. The van der Waals surface area contributed by atoms with Gasteiger partial charge in [-0.2, -0.15) is 0 Å². The van der Waals surface area contributed by atoms with Crippen molar-refractivity contribution in [1.82, 2.24) is 5.32 Å². The Hall–Kier alpha value is -2.27. The topological polar surface area (TPSA) is 71.7 Å². The molecule has 0 fully saturated rings. The molecule has 1 aromatic carbocycles. The van der Waals surface area contributed by atoms with Gasteiger partial charge in [0.1, 0.15) is 11.5 Å². The number of aryl methyl sites for hydroxylation is 1. The second-order valence-electron chi connectivity index (χ2n) is 4.87. The van der Waals surface area contributed by atoms with E-state index in [1.54, 1.807) is 51.3 Å². The second kappa shape index (κ2) is 6.45. The van der Waals surface area contributed by atoms with Crippen molar-refractivity contribution in [2.75, 3.05) is 7.11 Å². The summed E-state index contributed by atoms with van der Waals surface area (Å²) in [4.78, 5) is 12.1. The largest absolute Gasteiger partial charge is 0.497 e. The van der Waals surface area contributed by atoms with Crippen LogP contribution in [0, 0.1) is 6.92 Å². The SMILES string of the molecule is COc1ccc(C(O)C(C)NC(=O)c2ccoc2C)cc1. The lowest BCUT2D eigenvalue weighted by Crippen LogP contribution is -2.37. The normalized spacial score (nSPS) is 13.5. The summed E-state index contributed by atoms with van der Waals surface area (Å²) < 4.78 is 10.2. The molecule has 0 spiro atoms. The van der Waals surface area contributed by atoms with Gasteiger partial charge in [-0.15, -0.1) is 0 Å². The molecule has 0 saturated heterocycles. The van der Waals surface area contributed by atoms with E-state index in [2.05, 4.69) is 5.32 Å². The maximum absolute atomic E-state index is 12.1. The van der Waals surface area contributed by atoms with Gasteiger partial charge in [-0.1, -0.05) is 12.1 Å². The molecule has 2 atom stereocenters. The lowest BCUT2D eigenvalue weighted by atomic mass is 10.0. The maximum atomic E-state index is 12.1. The van der Waals surface area contributed by atoms with Crippen molar-refractivity contribution in [2.45, 2.75) is 26.0 Å². The molecular weight excluding hydrogens is 270 g/mol. The summed E-state index contributed by atoms with van der Waals surface area (Å²) in [6.07, 6.45) is 0.668. The van der Waals surface area contributed by atoms with Crippen molar-refractivity contribution in [2.24, 2.45) is 0 Å². The third kappa shape index (κ3) is 3.44. The third-order valence-electron chi connectivity index (χ3n) is 3.39. The van der Waals surface area contributed by atoms with E-state index in [0.29, 0.717) is 16.9 Å². The number of furan rings is 1. The summed E-state index contributed by atoms with van der Waals surface area (Å²) in [6.45, 7) is 3.47. The van der Waals surface area contributed by atoms with Crippen molar-refractivity contribution in [3.63, 3.8) is 0 Å². The van der Waals surface area contributed by atoms with Gasteiger partial charge in [-0.25, -0.2) is 0 Å². The lowest BCUT2D eigenvalue weighted by molar-refractivity contribution is 0.0850. The molecule has 5 heteroatoms. The molecule has 5 nitrogen and oxygen atoms in total. The van der Waals surface area contributed by atoms with Crippen LogP contribution in [-0.4, -0.2) is 24.2 Å². The first kappa shape index (κ1) is 15.1. The molecular formula is C16H19NO4. The van der Waals surface area contributed by atoms with Crippen LogP contribution in [0.25, 0.3) is 0 Å². The van der Waals surface area contributed by atoms with Crippen molar-refractivity contribution < 1.29 is 19.1 Å². The Morgan fingerprint density at radius 1 is 1.29 bits per heavy atom. The van der Waals surface area contributed by atoms with Gasteiger partial charge in [0.05, 0.1) is 31.1 Å². The van der Waals surface area contributed by atoms with E-state index in [4.69, 9.17) is 9.15 Å². The van der Waals surface area contributed by atoms with Crippen LogP contribution in [0.15, 0.2) is 41.0 Å². The average molecular weight is 289 g/mol. The third-order valence-corrected chi connectivity index (χ3v) is 3.39. The fourth-order valence-corrected chi connectivity index (χ4v) is 2.07. The molecule has 0 aliphatic carbocycles. The predicted octanol–water partition coefficient (Wildman–Crippen LogP) is 2.45. The Labute approximate surface area is 123 Å². The Morgan fingerprint density at radius 2 is 1.95 bits per heavy atom. The number of rotatable bonds is 5. The summed E-state index contributed by atoms with van der Waals surface area (Å²) in [5.74, 6) is 1.01. The van der Waals surface area contributed by atoms with E-state index in [-0.39, 0.29) is 5.91 Å². The van der Waals surface area contributed by atoms with E-state index >= 15 is 0 Å². The minimum absolute atomic E-state index is 0.263. The molecule has 1 amide bonds. The highest BCUT2D eigenvalue weighted by Gasteiger charge is 2.20. The number of benzene rings is 1. The number of nitrogens with one attached hydrogen (secondary N) is 1. The van der Waals surface area contributed by atoms with E-state index in [0.717, 1.165) is 5.75 Å². The molecule has 2 aromatic rings. The molecule has 2 unspecified atom stereocenters. The molecule has 1 aromatic heterocycles. The first-order valence-electron chi connectivity index (χ1n) is 6.70. The van der Waals surface area contributed by atoms with Gasteiger partial charge >= 0.3 is 0 Å². The van der Waals surface area contributed by atoms with E-state index < -0.39 is 12.1 Å². The molecule has 0 bridgehead atoms.